The maximum atomic E-state index is 11.6. The maximum absolute atomic E-state index is 11.6. The fourth-order valence-electron chi connectivity index (χ4n) is 1.82. The van der Waals surface area contributed by atoms with Crippen LogP contribution >= 0.6 is 11.8 Å². The molecule has 2 rings (SSSR count). The first kappa shape index (κ1) is 13.1. The number of carbonyl (C=O) groups excluding carboxylic acids is 1. The Balaban J connectivity index is 1.72. The van der Waals surface area contributed by atoms with Gasteiger partial charge in [0.15, 0.2) is 6.54 Å². The summed E-state index contributed by atoms with van der Waals surface area (Å²) in [5.41, 5.74) is 3.57. The molecule has 0 atom stereocenters. The van der Waals surface area contributed by atoms with E-state index in [1.54, 1.807) is 6.21 Å². The summed E-state index contributed by atoms with van der Waals surface area (Å²) in [5.74, 6) is 2.29. The van der Waals surface area contributed by atoms with Crippen molar-refractivity contribution in [3.8, 4) is 0 Å². The zero-order valence-electron chi connectivity index (χ0n) is 10.3. The molecule has 0 aromatic heterocycles. The van der Waals surface area contributed by atoms with Crippen molar-refractivity contribution >= 4 is 23.9 Å². The van der Waals surface area contributed by atoms with Crippen molar-refractivity contribution in [2.45, 2.75) is 0 Å². The van der Waals surface area contributed by atoms with Crippen LogP contribution in [-0.4, -0.2) is 43.3 Å². The Morgan fingerprint density at radius 2 is 2.06 bits per heavy atom. The van der Waals surface area contributed by atoms with Gasteiger partial charge in [0.25, 0.3) is 5.91 Å². The molecule has 4 nitrogen and oxygen atoms in total. The summed E-state index contributed by atoms with van der Waals surface area (Å²) >= 11 is 1.96. The lowest BCUT2D eigenvalue weighted by Crippen LogP contribution is -3.14. The first-order valence-corrected chi connectivity index (χ1v) is 7.28. The monoisotopic (exact) mass is 264 g/mol. The molecule has 2 N–H and O–H groups in total. The number of hydrogen-bond acceptors (Lipinski definition) is 3. The molecule has 1 aromatic rings. The predicted molar refractivity (Wildman–Crippen MR) is 75.1 cm³/mol. The predicted octanol–water partition coefficient (Wildman–Crippen LogP) is -0.232. The van der Waals surface area contributed by atoms with Crippen molar-refractivity contribution in [2.24, 2.45) is 5.10 Å². The summed E-state index contributed by atoms with van der Waals surface area (Å²) in [4.78, 5) is 13.0. The maximum Gasteiger partial charge on any atom is 0.295 e. The highest BCUT2D eigenvalue weighted by atomic mass is 32.2. The molecule has 96 valence electrons. The normalized spacial score (nSPS) is 16.9. The van der Waals surface area contributed by atoms with Gasteiger partial charge in [-0.3, -0.25) is 4.79 Å². The third-order valence-electron chi connectivity index (χ3n) is 2.81. The fraction of sp³-hybridized carbons (Fsp3) is 0.385. The molecule has 1 amide bonds. The summed E-state index contributed by atoms with van der Waals surface area (Å²) in [7, 11) is 0. The minimum absolute atomic E-state index is 0.0101. The summed E-state index contributed by atoms with van der Waals surface area (Å²) in [6.07, 6.45) is 1.67. The van der Waals surface area contributed by atoms with Gasteiger partial charge in [0.2, 0.25) is 0 Å². The van der Waals surface area contributed by atoms with E-state index in [1.807, 2.05) is 42.1 Å². The van der Waals surface area contributed by atoms with E-state index < -0.39 is 0 Å². The van der Waals surface area contributed by atoms with Crippen LogP contribution in [0.3, 0.4) is 0 Å². The molecule has 0 radical (unpaired) electrons. The van der Waals surface area contributed by atoms with Gasteiger partial charge in [-0.1, -0.05) is 30.3 Å². The molecule has 1 aromatic carbocycles. The lowest BCUT2D eigenvalue weighted by atomic mass is 10.2. The molecule has 5 heteroatoms. The molecule has 0 unspecified atom stereocenters. The Morgan fingerprint density at radius 1 is 1.33 bits per heavy atom. The van der Waals surface area contributed by atoms with Crippen LogP contribution < -0.4 is 10.3 Å². The second kappa shape index (κ2) is 7.18. The summed E-state index contributed by atoms with van der Waals surface area (Å²) in [6, 6.07) is 9.73. The number of hydrogen-bond donors (Lipinski definition) is 2. The van der Waals surface area contributed by atoms with Crippen LogP contribution in [0.2, 0.25) is 0 Å². The van der Waals surface area contributed by atoms with Gasteiger partial charge in [0.1, 0.15) is 0 Å². The van der Waals surface area contributed by atoms with Gasteiger partial charge in [-0.15, -0.1) is 0 Å². The SMILES string of the molecule is O=C(C[NH+]1CCSCC1)N/N=C\c1ccccc1. The van der Waals surface area contributed by atoms with Crippen LogP contribution in [0.5, 0.6) is 0 Å². The third kappa shape index (κ3) is 4.50. The van der Waals surface area contributed by atoms with Gasteiger partial charge >= 0.3 is 0 Å². The molecule has 18 heavy (non-hydrogen) atoms. The minimum atomic E-state index is -0.0101. The van der Waals surface area contributed by atoms with E-state index in [0.717, 1.165) is 30.2 Å². The number of carbonyl (C=O) groups is 1. The molecule has 1 fully saturated rings. The van der Waals surface area contributed by atoms with Crippen molar-refractivity contribution in [1.82, 2.24) is 5.43 Å². The number of rotatable bonds is 4. The number of nitrogens with one attached hydrogen (secondary N) is 2. The van der Waals surface area contributed by atoms with Crippen molar-refractivity contribution < 1.29 is 9.69 Å². The molecular weight excluding hydrogens is 246 g/mol. The Bertz CT molecular complexity index is 402. The highest BCUT2D eigenvalue weighted by Gasteiger charge is 2.16. The van der Waals surface area contributed by atoms with Crippen molar-refractivity contribution in [1.29, 1.82) is 0 Å². The van der Waals surface area contributed by atoms with E-state index in [4.69, 9.17) is 0 Å². The first-order chi connectivity index (χ1) is 8.84. The topological polar surface area (TPSA) is 45.9 Å². The van der Waals surface area contributed by atoms with Gasteiger partial charge in [0.05, 0.1) is 19.3 Å². The van der Waals surface area contributed by atoms with Crippen LogP contribution in [0.15, 0.2) is 35.4 Å². The van der Waals surface area contributed by atoms with E-state index >= 15 is 0 Å². The van der Waals surface area contributed by atoms with Crippen LogP contribution in [0.4, 0.5) is 0 Å². The first-order valence-electron chi connectivity index (χ1n) is 6.13. The number of benzene rings is 1. The second-order valence-electron chi connectivity index (χ2n) is 4.24. The van der Waals surface area contributed by atoms with E-state index in [2.05, 4.69) is 10.5 Å². The average molecular weight is 264 g/mol. The van der Waals surface area contributed by atoms with E-state index in [9.17, 15) is 4.79 Å². The minimum Gasteiger partial charge on any atom is -0.326 e. The zero-order chi connectivity index (χ0) is 12.6. The molecule has 0 aliphatic carbocycles. The molecule has 1 saturated heterocycles. The van der Waals surface area contributed by atoms with Crippen LogP contribution in [0.25, 0.3) is 0 Å². The lowest BCUT2D eigenvalue weighted by Gasteiger charge is -2.21. The van der Waals surface area contributed by atoms with E-state index in [-0.39, 0.29) is 5.91 Å². The fourth-order valence-corrected chi connectivity index (χ4v) is 2.89. The molecular formula is C13H18N3OS+. The number of amides is 1. The Kier molecular flexibility index (Phi) is 5.23. The van der Waals surface area contributed by atoms with Gasteiger partial charge < -0.3 is 4.90 Å². The smallest absolute Gasteiger partial charge is 0.295 e. The van der Waals surface area contributed by atoms with E-state index in [0.29, 0.717) is 6.54 Å². The number of nitrogens with zero attached hydrogens (tertiary/aromatic N) is 1. The Hall–Kier alpha value is -1.33. The molecule has 0 spiro atoms. The van der Waals surface area contributed by atoms with Crippen molar-refractivity contribution in [2.75, 3.05) is 31.1 Å². The zero-order valence-corrected chi connectivity index (χ0v) is 11.1. The Labute approximate surface area is 111 Å². The van der Waals surface area contributed by atoms with Crippen LogP contribution in [0.1, 0.15) is 5.56 Å². The van der Waals surface area contributed by atoms with Gasteiger partial charge in [0, 0.05) is 11.5 Å². The number of thioether (sulfide) groups is 1. The quantitative estimate of drug-likeness (QED) is 0.583. The molecule has 0 bridgehead atoms. The van der Waals surface area contributed by atoms with Gasteiger partial charge in [-0.05, 0) is 5.56 Å². The second-order valence-corrected chi connectivity index (χ2v) is 5.47. The molecule has 1 aliphatic heterocycles. The molecule has 1 heterocycles. The highest BCUT2D eigenvalue weighted by molar-refractivity contribution is 7.99. The van der Waals surface area contributed by atoms with E-state index in [1.165, 1.54) is 4.90 Å². The number of quaternary nitrogens is 1. The lowest BCUT2D eigenvalue weighted by molar-refractivity contribution is -0.888. The van der Waals surface area contributed by atoms with Gasteiger partial charge in [-0.2, -0.15) is 16.9 Å². The molecule has 0 saturated carbocycles. The summed E-state index contributed by atoms with van der Waals surface area (Å²) in [5, 5.41) is 3.96. The summed E-state index contributed by atoms with van der Waals surface area (Å²) < 4.78 is 0. The van der Waals surface area contributed by atoms with Crippen LogP contribution in [0, 0.1) is 0 Å². The Morgan fingerprint density at radius 3 is 2.78 bits per heavy atom. The molecule has 1 aliphatic rings. The average Bonchev–Trinajstić information content (AvgIpc) is 2.41. The summed E-state index contributed by atoms with van der Waals surface area (Å²) in [6.45, 7) is 2.66. The third-order valence-corrected chi connectivity index (χ3v) is 3.80. The number of hydrazone groups is 1. The largest absolute Gasteiger partial charge is 0.326 e. The highest BCUT2D eigenvalue weighted by Crippen LogP contribution is 1.97. The van der Waals surface area contributed by atoms with Gasteiger partial charge in [-0.25, -0.2) is 5.43 Å². The van der Waals surface area contributed by atoms with Crippen LogP contribution in [-0.2, 0) is 4.79 Å². The standard InChI is InChI=1S/C13H17N3OS/c17-13(11-16-6-8-18-9-7-16)15-14-10-12-4-2-1-3-5-12/h1-5,10H,6-9,11H2,(H,15,17)/p+1/b14-10-. The van der Waals surface area contributed by atoms with Crippen molar-refractivity contribution in [3.05, 3.63) is 35.9 Å². The van der Waals surface area contributed by atoms with Crippen molar-refractivity contribution in [3.63, 3.8) is 0 Å².